The molecule has 1 unspecified atom stereocenters. The van der Waals surface area contributed by atoms with Gasteiger partial charge in [0, 0.05) is 32.9 Å². The molecule has 0 amide bonds. The lowest BCUT2D eigenvalue weighted by atomic mass is 9.95. The number of nitrogens with one attached hydrogen (secondary N) is 1. The Labute approximate surface area is 127 Å². The van der Waals surface area contributed by atoms with Crippen LogP contribution < -0.4 is 5.32 Å². The van der Waals surface area contributed by atoms with Crippen LogP contribution in [0.2, 0.25) is 0 Å². The van der Waals surface area contributed by atoms with E-state index in [2.05, 4.69) is 46.1 Å². The van der Waals surface area contributed by atoms with E-state index in [-0.39, 0.29) is 5.54 Å². The molecule has 19 heavy (non-hydrogen) atoms. The standard InChI is InChI=1S/C15H18BrClN2/c1-3-15(2,8-9-17)19-14-12-5-4-6-13(16)11(12)7-10-18-14/h4-7,10H,3,8-9H2,1-2H3,(H,18,19). The highest BCUT2D eigenvalue weighted by Crippen LogP contribution is 2.30. The van der Waals surface area contributed by atoms with E-state index >= 15 is 0 Å². The van der Waals surface area contributed by atoms with E-state index in [1.54, 1.807) is 0 Å². The van der Waals surface area contributed by atoms with E-state index in [1.807, 2.05) is 24.4 Å². The number of halogens is 2. The van der Waals surface area contributed by atoms with Crippen molar-refractivity contribution in [1.29, 1.82) is 0 Å². The maximum Gasteiger partial charge on any atom is 0.134 e. The number of benzene rings is 1. The molecule has 102 valence electrons. The molecule has 1 heterocycles. The first-order valence-electron chi connectivity index (χ1n) is 6.47. The topological polar surface area (TPSA) is 24.9 Å². The zero-order chi connectivity index (χ0) is 13.9. The SMILES string of the molecule is CCC(C)(CCCl)Nc1nccc2c(Br)cccc12. The number of anilines is 1. The average Bonchev–Trinajstić information content (AvgIpc) is 2.40. The third-order valence-electron chi connectivity index (χ3n) is 3.60. The Hall–Kier alpha value is -0.800. The number of hydrogen-bond acceptors (Lipinski definition) is 2. The van der Waals surface area contributed by atoms with Crippen LogP contribution in [0.5, 0.6) is 0 Å². The van der Waals surface area contributed by atoms with E-state index in [0.29, 0.717) is 5.88 Å². The second-order valence-corrected chi connectivity index (χ2v) is 6.21. The first kappa shape index (κ1) is 14.6. The normalized spacial score (nSPS) is 14.3. The van der Waals surface area contributed by atoms with Crippen molar-refractivity contribution in [3.05, 3.63) is 34.9 Å². The van der Waals surface area contributed by atoms with E-state index in [4.69, 9.17) is 11.6 Å². The number of hydrogen-bond donors (Lipinski definition) is 1. The average molecular weight is 342 g/mol. The van der Waals surface area contributed by atoms with Crippen LogP contribution in [0.3, 0.4) is 0 Å². The van der Waals surface area contributed by atoms with Crippen LogP contribution in [0.4, 0.5) is 5.82 Å². The van der Waals surface area contributed by atoms with Gasteiger partial charge in [0.1, 0.15) is 5.82 Å². The van der Waals surface area contributed by atoms with Crippen LogP contribution >= 0.6 is 27.5 Å². The van der Waals surface area contributed by atoms with Gasteiger partial charge in [-0.3, -0.25) is 0 Å². The molecule has 0 radical (unpaired) electrons. The fourth-order valence-electron chi connectivity index (χ4n) is 2.09. The summed E-state index contributed by atoms with van der Waals surface area (Å²) < 4.78 is 1.09. The lowest BCUT2D eigenvalue weighted by molar-refractivity contribution is 0.480. The van der Waals surface area contributed by atoms with Gasteiger partial charge in [-0.25, -0.2) is 4.98 Å². The van der Waals surface area contributed by atoms with Crippen LogP contribution in [-0.4, -0.2) is 16.4 Å². The van der Waals surface area contributed by atoms with Crippen LogP contribution in [0.15, 0.2) is 34.9 Å². The van der Waals surface area contributed by atoms with E-state index in [1.165, 1.54) is 5.39 Å². The fourth-order valence-corrected chi connectivity index (χ4v) is 3.01. The number of nitrogens with zero attached hydrogens (tertiary/aromatic N) is 1. The molecule has 2 nitrogen and oxygen atoms in total. The number of alkyl halides is 1. The molecule has 0 aliphatic carbocycles. The Morgan fingerprint density at radius 3 is 2.79 bits per heavy atom. The summed E-state index contributed by atoms with van der Waals surface area (Å²) in [5.74, 6) is 1.57. The van der Waals surface area contributed by atoms with Crippen LogP contribution in [0.1, 0.15) is 26.7 Å². The number of pyridine rings is 1. The third-order valence-corrected chi connectivity index (χ3v) is 4.48. The summed E-state index contributed by atoms with van der Waals surface area (Å²) in [6.45, 7) is 4.36. The van der Waals surface area contributed by atoms with E-state index in [9.17, 15) is 0 Å². The van der Waals surface area contributed by atoms with Gasteiger partial charge in [0.05, 0.1) is 0 Å². The van der Waals surface area contributed by atoms with Crippen molar-refractivity contribution in [1.82, 2.24) is 4.98 Å². The first-order chi connectivity index (χ1) is 9.09. The molecule has 0 aliphatic rings. The minimum Gasteiger partial charge on any atom is -0.364 e. The molecule has 0 fully saturated rings. The van der Waals surface area contributed by atoms with Gasteiger partial charge in [0.2, 0.25) is 0 Å². The highest BCUT2D eigenvalue weighted by Gasteiger charge is 2.22. The Morgan fingerprint density at radius 2 is 2.11 bits per heavy atom. The Bertz CT molecular complexity index is 573. The van der Waals surface area contributed by atoms with Crippen molar-refractivity contribution in [3.63, 3.8) is 0 Å². The predicted molar refractivity (Wildman–Crippen MR) is 87.1 cm³/mol. The summed E-state index contributed by atoms with van der Waals surface area (Å²) in [7, 11) is 0. The summed E-state index contributed by atoms with van der Waals surface area (Å²) in [5, 5.41) is 5.86. The molecular weight excluding hydrogens is 324 g/mol. The van der Waals surface area contributed by atoms with Crippen LogP contribution in [0, 0.1) is 0 Å². The maximum atomic E-state index is 5.91. The van der Waals surface area contributed by atoms with Crippen molar-refractivity contribution in [3.8, 4) is 0 Å². The third kappa shape index (κ3) is 3.21. The number of aromatic nitrogens is 1. The monoisotopic (exact) mass is 340 g/mol. The van der Waals surface area contributed by atoms with Crippen molar-refractivity contribution in [2.45, 2.75) is 32.2 Å². The molecule has 2 aromatic rings. The Kier molecular flexibility index (Phi) is 4.69. The minimum absolute atomic E-state index is 0.0225. The second kappa shape index (κ2) is 6.10. The first-order valence-corrected chi connectivity index (χ1v) is 7.80. The minimum atomic E-state index is -0.0225. The Morgan fingerprint density at radius 1 is 1.32 bits per heavy atom. The molecule has 0 spiro atoms. The second-order valence-electron chi connectivity index (χ2n) is 4.97. The molecule has 2 rings (SSSR count). The summed E-state index contributed by atoms with van der Waals surface area (Å²) in [6, 6.07) is 8.19. The van der Waals surface area contributed by atoms with Gasteiger partial charge < -0.3 is 5.32 Å². The fraction of sp³-hybridized carbons (Fsp3) is 0.400. The zero-order valence-electron chi connectivity index (χ0n) is 11.2. The highest BCUT2D eigenvalue weighted by molar-refractivity contribution is 9.10. The lowest BCUT2D eigenvalue weighted by Crippen LogP contribution is -2.34. The van der Waals surface area contributed by atoms with Crippen LogP contribution in [-0.2, 0) is 0 Å². The highest BCUT2D eigenvalue weighted by atomic mass is 79.9. The van der Waals surface area contributed by atoms with Gasteiger partial charge in [-0.05, 0) is 31.9 Å². The van der Waals surface area contributed by atoms with Crippen molar-refractivity contribution in [2.24, 2.45) is 0 Å². The summed E-state index contributed by atoms with van der Waals surface area (Å²) in [6.07, 6.45) is 3.76. The van der Waals surface area contributed by atoms with E-state index < -0.39 is 0 Å². The van der Waals surface area contributed by atoms with Crippen LogP contribution in [0.25, 0.3) is 10.8 Å². The van der Waals surface area contributed by atoms with Gasteiger partial charge in [-0.15, -0.1) is 11.6 Å². The molecular formula is C15H18BrClN2. The molecule has 0 saturated heterocycles. The Balaban J connectivity index is 2.43. The molecule has 1 atom stereocenters. The van der Waals surface area contributed by atoms with E-state index in [0.717, 1.165) is 28.5 Å². The number of rotatable bonds is 5. The number of fused-ring (bicyclic) bond motifs is 1. The predicted octanol–water partition coefficient (Wildman–Crippen LogP) is 5.21. The van der Waals surface area contributed by atoms with Gasteiger partial charge in [-0.1, -0.05) is 35.0 Å². The molecule has 4 heteroatoms. The molecule has 1 aromatic heterocycles. The molecule has 1 aromatic carbocycles. The molecule has 0 aliphatic heterocycles. The van der Waals surface area contributed by atoms with Gasteiger partial charge >= 0.3 is 0 Å². The van der Waals surface area contributed by atoms with Crippen molar-refractivity contribution in [2.75, 3.05) is 11.2 Å². The largest absolute Gasteiger partial charge is 0.364 e. The van der Waals surface area contributed by atoms with Crippen molar-refractivity contribution >= 4 is 44.1 Å². The summed E-state index contributed by atoms with van der Waals surface area (Å²) >= 11 is 9.49. The quantitative estimate of drug-likeness (QED) is 0.755. The van der Waals surface area contributed by atoms with Gasteiger partial charge in [0.25, 0.3) is 0 Å². The summed E-state index contributed by atoms with van der Waals surface area (Å²) in [4.78, 5) is 4.49. The smallest absolute Gasteiger partial charge is 0.134 e. The van der Waals surface area contributed by atoms with Gasteiger partial charge in [0.15, 0.2) is 0 Å². The molecule has 0 saturated carbocycles. The lowest BCUT2D eigenvalue weighted by Gasteiger charge is -2.30. The molecule has 0 bridgehead atoms. The molecule has 1 N–H and O–H groups in total. The maximum absolute atomic E-state index is 5.91. The van der Waals surface area contributed by atoms with Crippen molar-refractivity contribution < 1.29 is 0 Å². The summed E-state index contributed by atoms with van der Waals surface area (Å²) in [5.41, 5.74) is -0.0225. The zero-order valence-corrected chi connectivity index (χ0v) is 13.6. The van der Waals surface area contributed by atoms with Gasteiger partial charge in [-0.2, -0.15) is 0 Å².